The zero-order valence-corrected chi connectivity index (χ0v) is 19.6. The topological polar surface area (TPSA) is 25.8 Å². The van der Waals surface area contributed by atoms with E-state index in [0.717, 1.165) is 24.6 Å². The summed E-state index contributed by atoms with van der Waals surface area (Å²) in [6.45, 7) is 8.13. The van der Waals surface area contributed by atoms with Crippen LogP contribution in [0.2, 0.25) is 0 Å². The van der Waals surface area contributed by atoms with Gasteiger partial charge in [0.25, 0.3) is 0 Å². The van der Waals surface area contributed by atoms with Crippen molar-refractivity contribution < 1.29 is 8.78 Å². The molecule has 0 atom stereocenters. The molecule has 33 heavy (non-hydrogen) atoms. The minimum absolute atomic E-state index is 0.310. The number of rotatable bonds is 5. The minimum atomic E-state index is -0.560. The van der Waals surface area contributed by atoms with E-state index in [1.807, 2.05) is 39.1 Å². The molecule has 0 radical (unpaired) electrons. The fourth-order valence-corrected chi connectivity index (χ4v) is 3.67. The maximum absolute atomic E-state index is 14.2. The monoisotopic (exact) mass is 444 g/mol. The highest BCUT2D eigenvalue weighted by atomic mass is 19.1. The van der Waals surface area contributed by atoms with Gasteiger partial charge in [0.15, 0.2) is 0 Å². The average molecular weight is 445 g/mol. The SMILES string of the molecule is CCC(C)(C)c1cc(F)cc(F)c1-c1ccccn1.CCc1ccccc1-c1ccccn1. The van der Waals surface area contributed by atoms with Crippen molar-refractivity contribution in [2.45, 2.75) is 46.0 Å². The van der Waals surface area contributed by atoms with Crippen LogP contribution >= 0.6 is 0 Å². The molecule has 170 valence electrons. The van der Waals surface area contributed by atoms with Crippen LogP contribution in [0.15, 0.2) is 85.2 Å². The number of halogens is 2. The van der Waals surface area contributed by atoms with E-state index in [1.165, 1.54) is 17.2 Å². The van der Waals surface area contributed by atoms with E-state index in [-0.39, 0.29) is 5.41 Å². The van der Waals surface area contributed by atoms with Crippen LogP contribution in [0.3, 0.4) is 0 Å². The standard InChI is InChI=1S/C16H17F2N.C13H13N/c1-4-16(2,3)12-9-11(17)10-13(18)15(12)14-7-5-6-8-19-14;1-2-11-7-3-4-8-12(11)13-9-5-6-10-14-13/h5-10H,4H2,1-3H3;3-10H,2H2,1H3. The number of nitrogens with zero attached hydrogens (tertiary/aromatic N) is 2. The highest BCUT2D eigenvalue weighted by Gasteiger charge is 2.26. The molecule has 0 amide bonds. The van der Waals surface area contributed by atoms with Crippen LogP contribution in [0.1, 0.15) is 45.2 Å². The lowest BCUT2D eigenvalue weighted by molar-refractivity contribution is 0.493. The molecule has 4 aromatic rings. The summed E-state index contributed by atoms with van der Waals surface area (Å²) in [7, 11) is 0. The number of hydrogen-bond donors (Lipinski definition) is 0. The van der Waals surface area contributed by atoms with Gasteiger partial charge in [0, 0.05) is 29.6 Å². The molecule has 4 rings (SSSR count). The van der Waals surface area contributed by atoms with Crippen molar-refractivity contribution >= 4 is 0 Å². The summed E-state index contributed by atoms with van der Waals surface area (Å²) >= 11 is 0. The molecule has 2 heterocycles. The summed E-state index contributed by atoms with van der Waals surface area (Å²) in [5.41, 5.74) is 4.94. The molecule has 0 saturated carbocycles. The fourth-order valence-electron chi connectivity index (χ4n) is 3.67. The van der Waals surface area contributed by atoms with Crippen molar-refractivity contribution in [2.24, 2.45) is 0 Å². The average Bonchev–Trinajstić information content (AvgIpc) is 2.85. The van der Waals surface area contributed by atoms with Crippen molar-refractivity contribution in [1.82, 2.24) is 9.97 Å². The Morgan fingerprint density at radius 2 is 1.36 bits per heavy atom. The smallest absolute Gasteiger partial charge is 0.135 e. The van der Waals surface area contributed by atoms with E-state index in [0.29, 0.717) is 16.8 Å². The summed E-state index contributed by atoms with van der Waals surface area (Å²) < 4.78 is 27.7. The van der Waals surface area contributed by atoms with E-state index < -0.39 is 11.6 Å². The van der Waals surface area contributed by atoms with Gasteiger partial charge >= 0.3 is 0 Å². The summed E-state index contributed by atoms with van der Waals surface area (Å²) in [5, 5.41) is 0. The molecule has 0 saturated heterocycles. The van der Waals surface area contributed by atoms with Crippen LogP contribution in [0.25, 0.3) is 22.5 Å². The van der Waals surface area contributed by atoms with Crippen molar-refractivity contribution in [3.8, 4) is 22.5 Å². The zero-order chi connectivity index (χ0) is 23.8. The Kier molecular flexibility index (Phi) is 8.05. The number of aromatic nitrogens is 2. The lowest BCUT2D eigenvalue weighted by Gasteiger charge is -2.26. The summed E-state index contributed by atoms with van der Waals surface area (Å²) in [4.78, 5) is 8.54. The molecule has 0 aliphatic heterocycles. The highest BCUT2D eigenvalue weighted by molar-refractivity contribution is 5.66. The van der Waals surface area contributed by atoms with Gasteiger partial charge in [0.2, 0.25) is 0 Å². The molecule has 0 unspecified atom stereocenters. The normalized spacial score (nSPS) is 11.0. The predicted octanol–water partition coefficient (Wildman–Crippen LogP) is 8.03. The number of pyridine rings is 2. The quantitative estimate of drug-likeness (QED) is 0.311. The Bertz CT molecular complexity index is 1170. The first-order valence-corrected chi connectivity index (χ1v) is 11.3. The Morgan fingerprint density at radius 3 is 1.94 bits per heavy atom. The summed E-state index contributed by atoms with van der Waals surface area (Å²) in [6, 6.07) is 22.1. The Morgan fingerprint density at radius 1 is 0.758 bits per heavy atom. The van der Waals surface area contributed by atoms with Gasteiger partial charge in [-0.05, 0) is 59.7 Å². The van der Waals surface area contributed by atoms with Gasteiger partial charge in [-0.2, -0.15) is 0 Å². The van der Waals surface area contributed by atoms with E-state index in [9.17, 15) is 8.78 Å². The van der Waals surface area contributed by atoms with Gasteiger partial charge in [-0.1, -0.05) is 64.1 Å². The van der Waals surface area contributed by atoms with Crippen LogP contribution in [-0.4, -0.2) is 9.97 Å². The molecule has 0 fully saturated rings. The van der Waals surface area contributed by atoms with Crippen LogP contribution in [0.4, 0.5) is 8.78 Å². The lowest BCUT2D eigenvalue weighted by Crippen LogP contribution is -2.18. The molecule has 0 spiro atoms. The third kappa shape index (κ3) is 5.89. The van der Waals surface area contributed by atoms with Gasteiger partial charge in [-0.15, -0.1) is 0 Å². The highest BCUT2D eigenvalue weighted by Crippen LogP contribution is 2.36. The first-order valence-electron chi connectivity index (χ1n) is 11.3. The predicted molar refractivity (Wildman–Crippen MR) is 132 cm³/mol. The maximum atomic E-state index is 14.2. The number of hydrogen-bond acceptors (Lipinski definition) is 2. The molecular weight excluding hydrogens is 414 g/mol. The van der Waals surface area contributed by atoms with Crippen molar-refractivity contribution in [2.75, 3.05) is 0 Å². The first-order chi connectivity index (χ1) is 15.9. The molecule has 0 aliphatic rings. The molecular formula is C29H30F2N2. The van der Waals surface area contributed by atoms with Crippen LogP contribution < -0.4 is 0 Å². The lowest BCUT2D eigenvalue weighted by atomic mass is 9.78. The molecule has 2 aromatic carbocycles. The van der Waals surface area contributed by atoms with Crippen LogP contribution in [0, 0.1) is 11.6 Å². The third-order valence-corrected chi connectivity index (χ3v) is 5.93. The third-order valence-electron chi connectivity index (χ3n) is 5.93. The molecule has 2 nitrogen and oxygen atoms in total. The Balaban J connectivity index is 0.000000194. The molecule has 2 aromatic heterocycles. The second-order valence-electron chi connectivity index (χ2n) is 8.49. The Labute approximate surface area is 195 Å². The molecule has 0 bridgehead atoms. The molecule has 0 N–H and O–H groups in total. The molecule has 4 heteroatoms. The van der Waals surface area contributed by atoms with E-state index >= 15 is 0 Å². The van der Waals surface area contributed by atoms with E-state index in [4.69, 9.17) is 0 Å². The number of aryl methyl sites for hydroxylation is 1. The van der Waals surface area contributed by atoms with Crippen LogP contribution in [0.5, 0.6) is 0 Å². The fraction of sp³-hybridized carbons (Fsp3) is 0.241. The van der Waals surface area contributed by atoms with Crippen molar-refractivity contribution in [1.29, 1.82) is 0 Å². The van der Waals surface area contributed by atoms with E-state index in [1.54, 1.807) is 24.4 Å². The van der Waals surface area contributed by atoms with E-state index in [2.05, 4.69) is 47.2 Å². The van der Waals surface area contributed by atoms with Crippen molar-refractivity contribution in [3.63, 3.8) is 0 Å². The number of benzene rings is 2. The Hall–Kier alpha value is -3.40. The second-order valence-corrected chi connectivity index (χ2v) is 8.49. The van der Waals surface area contributed by atoms with Gasteiger partial charge < -0.3 is 0 Å². The van der Waals surface area contributed by atoms with Gasteiger partial charge in [-0.3, -0.25) is 9.97 Å². The second kappa shape index (κ2) is 11.0. The zero-order valence-electron chi connectivity index (χ0n) is 19.6. The summed E-state index contributed by atoms with van der Waals surface area (Å²) in [6.07, 6.45) is 5.28. The molecule has 0 aliphatic carbocycles. The van der Waals surface area contributed by atoms with Gasteiger partial charge in [0.05, 0.1) is 11.4 Å². The largest absolute Gasteiger partial charge is 0.256 e. The first kappa shape index (κ1) is 24.2. The van der Waals surface area contributed by atoms with Crippen LogP contribution in [-0.2, 0) is 11.8 Å². The summed E-state index contributed by atoms with van der Waals surface area (Å²) in [5.74, 6) is -1.11. The minimum Gasteiger partial charge on any atom is -0.256 e. The van der Waals surface area contributed by atoms with Gasteiger partial charge in [0.1, 0.15) is 11.6 Å². The van der Waals surface area contributed by atoms with Gasteiger partial charge in [-0.25, -0.2) is 8.78 Å². The maximum Gasteiger partial charge on any atom is 0.135 e. The van der Waals surface area contributed by atoms with Crippen molar-refractivity contribution in [3.05, 3.63) is 108 Å².